The van der Waals surface area contributed by atoms with Gasteiger partial charge in [0, 0.05) is 11.1 Å². The molecule has 32 heavy (non-hydrogen) atoms. The summed E-state index contributed by atoms with van der Waals surface area (Å²) in [5, 5.41) is 2.81. The van der Waals surface area contributed by atoms with Gasteiger partial charge in [0.2, 0.25) is 10.0 Å². The Morgan fingerprint density at radius 2 is 1.62 bits per heavy atom. The molecule has 1 amide bonds. The molecule has 0 bridgehead atoms. The van der Waals surface area contributed by atoms with Gasteiger partial charge in [-0.3, -0.25) is 9.10 Å². The van der Waals surface area contributed by atoms with Crippen molar-refractivity contribution in [3.63, 3.8) is 0 Å². The van der Waals surface area contributed by atoms with Gasteiger partial charge in [0.15, 0.2) is 0 Å². The van der Waals surface area contributed by atoms with Gasteiger partial charge in [-0.2, -0.15) is 0 Å². The fraction of sp³-hybridized carbons (Fsp3) is 0.208. The van der Waals surface area contributed by atoms with Crippen LogP contribution in [0.3, 0.4) is 0 Å². The molecule has 0 aliphatic carbocycles. The molecule has 0 fully saturated rings. The van der Waals surface area contributed by atoms with Gasteiger partial charge in [0.05, 0.1) is 30.3 Å². The number of anilines is 2. The van der Waals surface area contributed by atoms with E-state index >= 15 is 0 Å². The van der Waals surface area contributed by atoms with Crippen molar-refractivity contribution in [2.45, 2.75) is 26.5 Å². The van der Waals surface area contributed by atoms with Gasteiger partial charge in [0.25, 0.3) is 5.91 Å². The van der Waals surface area contributed by atoms with Crippen molar-refractivity contribution in [2.75, 3.05) is 15.9 Å². The van der Waals surface area contributed by atoms with Crippen LogP contribution in [0.5, 0.6) is 5.75 Å². The van der Waals surface area contributed by atoms with Crippen LogP contribution in [0.1, 0.15) is 29.8 Å². The summed E-state index contributed by atoms with van der Waals surface area (Å²) in [6.45, 7) is 3.63. The number of benzene rings is 3. The Morgan fingerprint density at radius 1 is 1.00 bits per heavy atom. The predicted molar refractivity (Wildman–Crippen MR) is 124 cm³/mol. The highest BCUT2D eigenvalue weighted by molar-refractivity contribution is 7.92. The average molecular weight is 457 g/mol. The minimum Gasteiger partial charge on any atom is -0.489 e. The monoisotopic (exact) mass is 456 g/mol. The minimum atomic E-state index is -3.68. The SMILES string of the molecule is CC(C)Oc1ccccc1NC(=O)c1ccc(N(Cc2ccccc2F)S(C)(=O)=O)cc1. The van der Waals surface area contributed by atoms with Gasteiger partial charge in [-0.1, -0.05) is 30.3 Å². The van der Waals surface area contributed by atoms with Crippen LogP contribution >= 0.6 is 0 Å². The number of sulfonamides is 1. The molecule has 8 heteroatoms. The predicted octanol–water partition coefficient (Wildman–Crippen LogP) is 4.83. The lowest BCUT2D eigenvalue weighted by atomic mass is 10.1. The van der Waals surface area contributed by atoms with Crippen molar-refractivity contribution in [2.24, 2.45) is 0 Å². The van der Waals surface area contributed by atoms with Gasteiger partial charge in [-0.25, -0.2) is 12.8 Å². The summed E-state index contributed by atoms with van der Waals surface area (Å²) in [6.07, 6.45) is 1.00. The van der Waals surface area contributed by atoms with E-state index in [-0.39, 0.29) is 24.1 Å². The third kappa shape index (κ3) is 5.85. The zero-order valence-corrected chi connectivity index (χ0v) is 18.9. The Labute approximate surface area is 187 Å². The second-order valence-corrected chi connectivity index (χ2v) is 9.43. The lowest BCUT2D eigenvalue weighted by Crippen LogP contribution is -2.29. The number of amides is 1. The van der Waals surface area contributed by atoms with Crippen LogP contribution in [0.2, 0.25) is 0 Å². The van der Waals surface area contributed by atoms with E-state index in [9.17, 15) is 17.6 Å². The van der Waals surface area contributed by atoms with Crippen LogP contribution in [-0.4, -0.2) is 26.7 Å². The Hall–Kier alpha value is -3.39. The fourth-order valence-electron chi connectivity index (χ4n) is 3.08. The zero-order chi connectivity index (χ0) is 23.3. The van der Waals surface area contributed by atoms with Crippen molar-refractivity contribution in [1.82, 2.24) is 0 Å². The third-order valence-corrected chi connectivity index (χ3v) is 5.73. The van der Waals surface area contributed by atoms with E-state index in [2.05, 4.69) is 5.32 Å². The lowest BCUT2D eigenvalue weighted by molar-refractivity contribution is 0.102. The van der Waals surface area contributed by atoms with Crippen LogP contribution in [0.4, 0.5) is 15.8 Å². The van der Waals surface area contributed by atoms with Crippen LogP contribution in [-0.2, 0) is 16.6 Å². The molecule has 0 aromatic heterocycles. The van der Waals surface area contributed by atoms with Crippen molar-refractivity contribution in [3.8, 4) is 5.75 Å². The summed E-state index contributed by atoms with van der Waals surface area (Å²) >= 11 is 0. The maximum atomic E-state index is 14.1. The number of hydrogen-bond donors (Lipinski definition) is 1. The third-order valence-electron chi connectivity index (χ3n) is 4.59. The number of carbonyl (C=O) groups is 1. The second kappa shape index (κ2) is 9.82. The fourth-order valence-corrected chi connectivity index (χ4v) is 3.96. The molecule has 0 heterocycles. The van der Waals surface area contributed by atoms with Gasteiger partial charge in [-0.05, 0) is 56.3 Å². The number of nitrogens with one attached hydrogen (secondary N) is 1. The Balaban J connectivity index is 1.81. The molecule has 3 aromatic rings. The number of halogens is 1. The number of para-hydroxylation sites is 2. The lowest BCUT2D eigenvalue weighted by Gasteiger charge is -2.23. The van der Waals surface area contributed by atoms with Gasteiger partial charge in [0.1, 0.15) is 11.6 Å². The average Bonchev–Trinajstić information content (AvgIpc) is 2.73. The molecule has 6 nitrogen and oxygen atoms in total. The van der Waals surface area contributed by atoms with Crippen molar-refractivity contribution >= 4 is 27.3 Å². The van der Waals surface area contributed by atoms with E-state index in [0.717, 1.165) is 10.6 Å². The first-order chi connectivity index (χ1) is 15.1. The standard InChI is InChI=1S/C24H25FN2O4S/c1-17(2)31-23-11-7-6-10-22(23)26-24(28)18-12-14-20(15-13-18)27(32(3,29)30)16-19-8-4-5-9-21(19)25/h4-15,17H,16H2,1-3H3,(H,26,28). The van der Waals surface area contributed by atoms with E-state index in [1.54, 1.807) is 30.3 Å². The molecule has 0 unspecified atom stereocenters. The second-order valence-electron chi connectivity index (χ2n) is 7.52. The van der Waals surface area contributed by atoms with Gasteiger partial charge < -0.3 is 10.1 Å². The highest BCUT2D eigenvalue weighted by atomic mass is 32.2. The molecule has 168 valence electrons. The van der Waals surface area contributed by atoms with Crippen molar-refractivity contribution < 1.29 is 22.3 Å². The van der Waals surface area contributed by atoms with Crippen LogP contribution in [0.25, 0.3) is 0 Å². The van der Waals surface area contributed by atoms with E-state index in [0.29, 0.717) is 22.7 Å². The molecular weight excluding hydrogens is 431 g/mol. The molecule has 0 saturated carbocycles. The summed E-state index contributed by atoms with van der Waals surface area (Å²) in [5.41, 5.74) is 1.46. The van der Waals surface area contributed by atoms with E-state index < -0.39 is 15.8 Å². The maximum Gasteiger partial charge on any atom is 0.255 e. The first kappa shape index (κ1) is 23.3. The molecule has 0 radical (unpaired) electrons. The van der Waals surface area contributed by atoms with Crippen molar-refractivity contribution in [1.29, 1.82) is 0 Å². The number of rotatable bonds is 8. The summed E-state index contributed by atoms with van der Waals surface area (Å²) in [6, 6.07) is 19.2. The summed E-state index contributed by atoms with van der Waals surface area (Å²) in [5.74, 6) is -0.295. The van der Waals surface area contributed by atoms with Gasteiger partial charge in [-0.15, -0.1) is 0 Å². The Bertz CT molecular complexity index is 1190. The number of nitrogens with zero attached hydrogens (tertiary/aromatic N) is 1. The first-order valence-corrected chi connectivity index (χ1v) is 11.9. The van der Waals surface area contributed by atoms with E-state index in [4.69, 9.17) is 4.74 Å². The minimum absolute atomic E-state index is 0.0521. The van der Waals surface area contributed by atoms with Crippen LogP contribution < -0.4 is 14.4 Å². The highest BCUT2D eigenvalue weighted by Gasteiger charge is 2.20. The maximum absolute atomic E-state index is 14.1. The first-order valence-electron chi connectivity index (χ1n) is 10.0. The van der Waals surface area contributed by atoms with Gasteiger partial charge >= 0.3 is 0 Å². The van der Waals surface area contributed by atoms with Crippen LogP contribution in [0.15, 0.2) is 72.8 Å². The molecule has 0 spiro atoms. The Kier molecular flexibility index (Phi) is 7.15. The smallest absolute Gasteiger partial charge is 0.255 e. The highest BCUT2D eigenvalue weighted by Crippen LogP contribution is 2.26. The van der Waals surface area contributed by atoms with E-state index in [1.165, 1.54) is 36.4 Å². The number of hydrogen-bond acceptors (Lipinski definition) is 4. The largest absolute Gasteiger partial charge is 0.489 e. The Morgan fingerprint density at radius 3 is 2.25 bits per heavy atom. The molecule has 0 atom stereocenters. The van der Waals surface area contributed by atoms with Crippen molar-refractivity contribution in [3.05, 3.63) is 89.7 Å². The summed E-state index contributed by atoms with van der Waals surface area (Å²) in [7, 11) is -3.68. The summed E-state index contributed by atoms with van der Waals surface area (Å²) < 4.78 is 45.6. The number of ether oxygens (including phenoxy) is 1. The molecule has 1 N–H and O–H groups in total. The molecule has 3 aromatic carbocycles. The molecular formula is C24H25FN2O4S. The quantitative estimate of drug-likeness (QED) is 0.527. The molecule has 0 saturated heterocycles. The zero-order valence-electron chi connectivity index (χ0n) is 18.1. The molecule has 0 aliphatic heterocycles. The molecule has 0 aliphatic rings. The molecule has 3 rings (SSSR count). The normalized spacial score (nSPS) is 11.3. The summed E-state index contributed by atoms with van der Waals surface area (Å²) in [4.78, 5) is 12.7. The number of carbonyl (C=O) groups excluding carboxylic acids is 1. The topological polar surface area (TPSA) is 75.7 Å². The van der Waals surface area contributed by atoms with Crippen LogP contribution in [0, 0.1) is 5.82 Å². The van der Waals surface area contributed by atoms with E-state index in [1.807, 2.05) is 19.9 Å².